The topological polar surface area (TPSA) is 38.0 Å². The third kappa shape index (κ3) is 3.26. The van der Waals surface area contributed by atoms with Crippen molar-refractivity contribution in [1.82, 2.24) is 9.55 Å². The molecule has 1 aliphatic rings. The van der Waals surface area contributed by atoms with Gasteiger partial charge in [-0.2, -0.15) is 0 Å². The van der Waals surface area contributed by atoms with E-state index >= 15 is 0 Å². The average Bonchev–Trinajstić information content (AvgIpc) is 2.99. The predicted molar refractivity (Wildman–Crippen MR) is 99.2 cm³/mol. The third-order valence-electron chi connectivity index (χ3n) is 5.16. The highest BCUT2D eigenvalue weighted by atomic mass is 35.5. The molecule has 24 heavy (non-hydrogen) atoms. The van der Waals surface area contributed by atoms with Crippen LogP contribution in [0.25, 0.3) is 6.08 Å². The molecule has 1 N–H and O–H groups in total. The van der Waals surface area contributed by atoms with Crippen molar-refractivity contribution in [2.45, 2.75) is 45.3 Å². The summed E-state index contributed by atoms with van der Waals surface area (Å²) in [6.07, 6.45) is 10.3. The largest absolute Gasteiger partial charge is 0.383 e. The Labute approximate surface area is 152 Å². The second-order valence-electron chi connectivity index (χ2n) is 7.17. The Hall–Kier alpha value is -1.29. The second-order valence-corrected chi connectivity index (χ2v) is 8.01. The Morgan fingerprint density at radius 2 is 2.12 bits per heavy atom. The van der Waals surface area contributed by atoms with Gasteiger partial charge in [-0.1, -0.05) is 49.2 Å². The SMILES string of the molecule is CC1(C)CCC/C(=C\c2ccc(Cl)cc2Cl)[C@]1(O)Cn1ccnc1. The van der Waals surface area contributed by atoms with Crippen LogP contribution in [0.1, 0.15) is 38.7 Å². The first-order valence-electron chi connectivity index (χ1n) is 8.16. The molecular formula is C19H22Cl2N2O. The van der Waals surface area contributed by atoms with E-state index in [2.05, 4.69) is 18.8 Å². The first kappa shape index (κ1) is 17.5. The lowest BCUT2D eigenvalue weighted by molar-refractivity contribution is -0.0670. The number of rotatable bonds is 3. The minimum Gasteiger partial charge on any atom is -0.383 e. The summed E-state index contributed by atoms with van der Waals surface area (Å²) in [5.74, 6) is 0. The van der Waals surface area contributed by atoms with E-state index in [1.165, 1.54) is 0 Å². The van der Waals surface area contributed by atoms with Gasteiger partial charge in [-0.05, 0) is 47.9 Å². The van der Waals surface area contributed by atoms with Gasteiger partial charge in [0, 0.05) is 22.4 Å². The molecule has 2 aromatic rings. The van der Waals surface area contributed by atoms with Gasteiger partial charge in [-0.25, -0.2) is 4.98 Å². The van der Waals surface area contributed by atoms with Crippen LogP contribution < -0.4 is 0 Å². The minimum absolute atomic E-state index is 0.236. The summed E-state index contributed by atoms with van der Waals surface area (Å²) in [4.78, 5) is 4.10. The number of benzene rings is 1. The molecule has 1 aliphatic carbocycles. The Morgan fingerprint density at radius 3 is 2.79 bits per heavy atom. The zero-order chi connectivity index (χ0) is 17.4. The Balaban J connectivity index is 2.04. The van der Waals surface area contributed by atoms with E-state index in [1.807, 2.05) is 29.0 Å². The van der Waals surface area contributed by atoms with E-state index < -0.39 is 5.60 Å². The number of imidazole rings is 1. The molecule has 5 heteroatoms. The molecule has 0 spiro atoms. The summed E-state index contributed by atoms with van der Waals surface area (Å²) >= 11 is 12.3. The summed E-state index contributed by atoms with van der Waals surface area (Å²) in [6.45, 7) is 4.73. The van der Waals surface area contributed by atoms with Crippen LogP contribution in [0.2, 0.25) is 10.0 Å². The third-order valence-corrected chi connectivity index (χ3v) is 5.72. The molecule has 3 nitrogen and oxygen atoms in total. The van der Waals surface area contributed by atoms with Crippen molar-refractivity contribution in [3.05, 3.63) is 58.1 Å². The molecule has 0 amide bonds. The Kier molecular flexibility index (Phi) is 4.78. The van der Waals surface area contributed by atoms with Gasteiger partial charge in [0.1, 0.15) is 5.60 Å². The highest BCUT2D eigenvalue weighted by Gasteiger charge is 2.48. The molecule has 1 fully saturated rings. The van der Waals surface area contributed by atoms with Crippen LogP contribution in [0.3, 0.4) is 0 Å². The number of halogens is 2. The summed E-state index contributed by atoms with van der Waals surface area (Å²) in [7, 11) is 0. The maximum absolute atomic E-state index is 11.7. The molecule has 0 radical (unpaired) electrons. The van der Waals surface area contributed by atoms with Gasteiger partial charge in [0.25, 0.3) is 0 Å². The van der Waals surface area contributed by atoms with Crippen LogP contribution in [0.4, 0.5) is 0 Å². The zero-order valence-corrected chi connectivity index (χ0v) is 15.5. The van der Waals surface area contributed by atoms with Crippen LogP contribution in [0.15, 0.2) is 42.5 Å². The molecule has 3 rings (SSSR count). The molecule has 0 aliphatic heterocycles. The fourth-order valence-electron chi connectivity index (χ4n) is 3.53. The standard InChI is InChI=1S/C19H22Cl2N2O/c1-18(2)7-3-4-15(10-14-5-6-16(20)11-17(14)21)19(18,24)12-23-9-8-22-13-23/h5-6,8-11,13,24H,3-4,7,12H2,1-2H3/b15-10+/t19-/m1/s1. The molecule has 1 atom stereocenters. The predicted octanol–water partition coefficient (Wildman–Crippen LogP) is 5.21. The fourth-order valence-corrected chi connectivity index (χ4v) is 3.99. The van der Waals surface area contributed by atoms with Crippen LogP contribution in [0.5, 0.6) is 0 Å². The molecule has 0 bridgehead atoms. The number of aliphatic hydroxyl groups is 1. The number of hydrogen-bond donors (Lipinski definition) is 1. The molecular weight excluding hydrogens is 343 g/mol. The first-order valence-corrected chi connectivity index (χ1v) is 8.92. The van der Waals surface area contributed by atoms with Gasteiger partial charge in [-0.15, -0.1) is 0 Å². The quantitative estimate of drug-likeness (QED) is 0.810. The average molecular weight is 365 g/mol. The molecule has 1 heterocycles. The number of aromatic nitrogens is 2. The van der Waals surface area contributed by atoms with Crippen molar-refractivity contribution in [3.8, 4) is 0 Å². The van der Waals surface area contributed by atoms with Crippen molar-refractivity contribution in [1.29, 1.82) is 0 Å². The second kappa shape index (κ2) is 6.55. The zero-order valence-electron chi connectivity index (χ0n) is 14.0. The van der Waals surface area contributed by atoms with Crippen molar-refractivity contribution < 1.29 is 5.11 Å². The molecule has 1 aromatic carbocycles. The summed E-state index contributed by atoms with van der Waals surface area (Å²) in [5.41, 5.74) is 0.712. The van der Waals surface area contributed by atoms with Crippen LogP contribution in [0, 0.1) is 5.41 Å². The molecule has 1 aromatic heterocycles. The van der Waals surface area contributed by atoms with Crippen molar-refractivity contribution in [2.24, 2.45) is 5.41 Å². The van der Waals surface area contributed by atoms with Crippen LogP contribution in [-0.4, -0.2) is 20.3 Å². The normalized spacial score (nSPS) is 25.1. The van der Waals surface area contributed by atoms with Gasteiger partial charge in [0.05, 0.1) is 12.9 Å². The van der Waals surface area contributed by atoms with E-state index in [4.69, 9.17) is 23.2 Å². The lowest BCUT2D eigenvalue weighted by atomic mass is 9.62. The molecule has 0 unspecified atom stereocenters. The Morgan fingerprint density at radius 1 is 1.33 bits per heavy atom. The van der Waals surface area contributed by atoms with E-state index in [0.29, 0.717) is 16.6 Å². The van der Waals surface area contributed by atoms with Crippen molar-refractivity contribution in [3.63, 3.8) is 0 Å². The minimum atomic E-state index is -0.949. The highest BCUT2D eigenvalue weighted by Crippen LogP contribution is 2.48. The first-order chi connectivity index (χ1) is 11.3. The van der Waals surface area contributed by atoms with Gasteiger partial charge < -0.3 is 9.67 Å². The summed E-state index contributed by atoms with van der Waals surface area (Å²) in [5, 5.41) is 12.9. The van der Waals surface area contributed by atoms with Gasteiger partial charge in [0.15, 0.2) is 0 Å². The van der Waals surface area contributed by atoms with Crippen molar-refractivity contribution in [2.75, 3.05) is 0 Å². The smallest absolute Gasteiger partial charge is 0.109 e. The highest BCUT2D eigenvalue weighted by molar-refractivity contribution is 6.35. The van der Waals surface area contributed by atoms with Crippen LogP contribution in [-0.2, 0) is 6.54 Å². The van der Waals surface area contributed by atoms with Gasteiger partial charge >= 0.3 is 0 Å². The lowest BCUT2D eigenvalue weighted by Gasteiger charge is -2.48. The maximum atomic E-state index is 11.7. The fraction of sp³-hybridized carbons (Fsp3) is 0.421. The van der Waals surface area contributed by atoms with Crippen molar-refractivity contribution >= 4 is 29.3 Å². The number of hydrogen-bond acceptors (Lipinski definition) is 2. The van der Waals surface area contributed by atoms with E-state index in [9.17, 15) is 5.11 Å². The lowest BCUT2D eigenvalue weighted by Crippen LogP contribution is -2.51. The Bertz CT molecular complexity index is 753. The van der Waals surface area contributed by atoms with Crippen LogP contribution >= 0.6 is 23.2 Å². The summed E-state index contributed by atoms with van der Waals surface area (Å²) in [6, 6.07) is 5.46. The van der Waals surface area contributed by atoms with Gasteiger partial charge in [-0.3, -0.25) is 0 Å². The summed E-state index contributed by atoms with van der Waals surface area (Å²) < 4.78 is 1.93. The molecule has 128 valence electrons. The maximum Gasteiger partial charge on any atom is 0.109 e. The number of nitrogens with zero attached hydrogens (tertiary/aromatic N) is 2. The molecule has 1 saturated carbocycles. The van der Waals surface area contributed by atoms with Gasteiger partial charge in [0.2, 0.25) is 0 Å². The van der Waals surface area contributed by atoms with E-state index in [1.54, 1.807) is 18.6 Å². The van der Waals surface area contributed by atoms with E-state index in [0.717, 1.165) is 30.4 Å². The molecule has 0 saturated heterocycles. The van der Waals surface area contributed by atoms with E-state index in [-0.39, 0.29) is 5.41 Å². The monoisotopic (exact) mass is 364 g/mol.